The Balaban J connectivity index is 1.53. The molecular formula is C22H15Cl2N5OS. The summed E-state index contributed by atoms with van der Waals surface area (Å²) < 4.78 is 1.74. The first-order valence-corrected chi connectivity index (χ1v) is 11.0. The minimum absolute atomic E-state index is 0.227. The molecule has 154 valence electrons. The van der Waals surface area contributed by atoms with Gasteiger partial charge in [0.1, 0.15) is 6.04 Å². The molecule has 1 atom stereocenters. The standard InChI is InChI=1S/C22H15Cl2N5OS/c23-15-7-3-13(4-8-15)17-12-18(14-5-9-16(24)10-6-14)29-22(25-17)27-21(28-29)26-20(30)19-2-1-11-31-19/h1-12,18H,(H2,25,26,27,28,30)/t18-/m1/s1. The Kier molecular flexibility index (Phi) is 5.23. The third kappa shape index (κ3) is 4.07. The van der Waals surface area contributed by atoms with Crippen molar-refractivity contribution in [2.24, 2.45) is 0 Å². The van der Waals surface area contributed by atoms with Crippen molar-refractivity contribution in [2.75, 3.05) is 10.6 Å². The average Bonchev–Trinajstić information content (AvgIpc) is 3.44. The van der Waals surface area contributed by atoms with Crippen molar-refractivity contribution < 1.29 is 4.79 Å². The van der Waals surface area contributed by atoms with Crippen LogP contribution in [-0.4, -0.2) is 20.7 Å². The van der Waals surface area contributed by atoms with E-state index in [0.29, 0.717) is 20.9 Å². The molecule has 0 radical (unpaired) electrons. The normalized spacial score (nSPS) is 15.0. The van der Waals surface area contributed by atoms with Crippen LogP contribution in [0.3, 0.4) is 0 Å². The zero-order valence-corrected chi connectivity index (χ0v) is 18.2. The van der Waals surface area contributed by atoms with Crippen LogP contribution < -0.4 is 10.6 Å². The largest absolute Gasteiger partial charge is 0.324 e. The van der Waals surface area contributed by atoms with Gasteiger partial charge in [0, 0.05) is 15.7 Å². The number of aromatic nitrogens is 3. The van der Waals surface area contributed by atoms with E-state index in [0.717, 1.165) is 16.8 Å². The van der Waals surface area contributed by atoms with Gasteiger partial charge in [-0.1, -0.05) is 53.5 Å². The molecule has 9 heteroatoms. The molecule has 0 saturated heterocycles. The van der Waals surface area contributed by atoms with Crippen molar-refractivity contribution in [1.82, 2.24) is 14.8 Å². The molecule has 2 aromatic carbocycles. The number of fused-ring (bicyclic) bond motifs is 1. The molecule has 1 aliphatic rings. The number of nitrogens with zero attached hydrogens (tertiary/aromatic N) is 3. The quantitative estimate of drug-likeness (QED) is 0.388. The van der Waals surface area contributed by atoms with Gasteiger partial charge in [-0.25, -0.2) is 4.68 Å². The lowest BCUT2D eigenvalue weighted by Crippen LogP contribution is -2.20. The van der Waals surface area contributed by atoms with Crippen molar-refractivity contribution in [3.63, 3.8) is 0 Å². The second kappa shape index (κ2) is 8.19. The highest BCUT2D eigenvalue weighted by Crippen LogP contribution is 2.34. The summed E-state index contributed by atoms with van der Waals surface area (Å²) >= 11 is 13.5. The Bertz CT molecular complexity index is 1260. The molecule has 31 heavy (non-hydrogen) atoms. The number of halogens is 2. The topological polar surface area (TPSA) is 71.8 Å². The number of rotatable bonds is 4. The molecule has 4 aromatic rings. The van der Waals surface area contributed by atoms with Crippen LogP contribution in [0.5, 0.6) is 0 Å². The summed E-state index contributed by atoms with van der Waals surface area (Å²) in [5.41, 5.74) is 2.81. The molecule has 0 aliphatic carbocycles. The molecule has 0 spiro atoms. The number of hydrogen-bond donors (Lipinski definition) is 2. The highest BCUT2D eigenvalue weighted by molar-refractivity contribution is 7.12. The van der Waals surface area contributed by atoms with Crippen LogP contribution in [0.1, 0.15) is 26.8 Å². The van der Waals surface area contributed by atoms with E-state index in [1.165, 1.54) is 11.3 Å². The van der Waals surface area contributed by atoms with Crippen molar-refractivity contribution in [2.45, 2.75) is 6.04 Å². The first kappa shape index (κ1) is 19.8. The van der Waals surface area contributed by atoms with Crippen LogP contribution in [0.25, 0.3) is 5.70 Å². The van der Waals surface area contributed by atoms with Crippen LogP contribution in [-0.2, 0) is 0 Å². The first-order valence-electron chi connectivity index (χ1n) is 9.38. The Labute approximate surface area is 192 Å². The van der Waals surface area contributed by atoms with Gasteiger partial charge in [-0.15, -0.1) is 16.4 Å². The number of allylic oxidation sites excluding steroid dienone is 1. The predicted molar refractivity (Wildman–Crippen MR) is 125 cm³/mol. The summed E-state index contributed by atoms with van der Waals surface area (Å²) in [5, 5.41) is 13.8. The van der Waals surface area contributed by atoms with Crippen molar-refractivity contribution in [3.8, 4) is 0 Å². The second-order valence-corrected chi connectivity index (χ2v) is 8.66. The third-order valence-electron chi connectivity index (χ3n) is 4.80. The first-order chi connectivity index (χ1) is 15.1. The van der Waals surface area contributed by atoms with Gasteiger partial charge >= 0.3 is 0 Å². The van der Waals surface area contributed by atoms with Crippen LogP contribution in [0.2, 0.25) is 10.0 Å². The van der Waals surface area contributed by atoms with E-state index in [1.54, 1.807) is 10.7 Å². The zero-order chi connectivity index (χ0) is 21.4. The van der Waals surface area contributed by atoms with E-state index in [1.807, 2.05) is 60.0 Å². The summed E-state index contributed by atoms with van der Waals surface area (Å²) in [4.78, 5) is 17.5. The monoisotopic (exact) mass is 467 g/mol. The molecule has 0 saturated carbocycles. The summed E-state index contributed by atoms with van der Waals surface area (Å²) in [5.74, 6) is 0.506. The number of nitrogens with one attached hydrogen (secondary N) is 2. The van der Waals surface area contributed by atoms with E-state index in [-0.39, 0.29) is 17.9 Å². The zero-order valence-electron chi connectivity index (χ0n) is 15.9. The van der Waals surface area contributed by atoms with Crippen LogP contribution in [0.4, 0.5) is 11.9 Å². The van der Waals surface area contributed by atoms with E-state index >= 15 is 0 Å². The highest BCUT2D eigenvalue weighted by atomic mass is 35.5. The lowest BCUT2D eigenvalue weighted by molar-refractivity contribution is 0.102. The average molecular weight is 468 g/mol. The minimum atomic E-state index is -0.244. The van der Waals surface area contributed by atoms with E-state index < -0.39 is 0 Å². The molecule has 1 amide bonds. The van der Waals surface area contributed by atoms with Gasteiger partial charge in [0.15, 0.2) is 0 Å². The van der Waals surface area contributed by atoms with Crippen LogP contribution >= 0.6 is 34.5 Å². The number of carbonyl (C=O) groups excluding carboxylic acids is 1. The van der Waals surface area contributed by atoms with E-state index in [4.69, 9.17) is 23.2 Å². The molecule has 0 fully saturated rings. The Morgan fingerprint density at radius 2 is 1.74 bits per heavy atom. The van der Waals surface area contributed by atoms with Crippen LogP contribution in [0.15, 0.2) is 72.1 Å². The number of hydrogen-bond acceptors (Lipinski definition) is 5. The Morgan fingerprint density at radius 3 is 2.42 bits per heavy atom. The van der Waals surface area contributed by atoms with Crippen molar-refractivity contribution in [3.05, 3.63) is 98.2 Å². The van der Waals surface area contributed by atoms with Gasteiger partial charge in [0.2, 0.25) is 5.95 Å². The molecule has 2 N–H and O–H groups in total. The molecular weight excluding hydrogens is 453 g/mol. The van der Waals surface area contributed by atoms with Crippen molar-refractivity contribution in [1.29, 1.82) is 0 Å². The molecule has 1 aliphatic heterocycles. The smallest absolute Gasteiger partial charge is 0.268 e. The lowest BCUT2D eigenvalue weighted by atomic mass is 10.0. The molecule has 2 aromatic heterocycles. The molecule has 3 heterocycles. The summed E-state index contributed by atoms with van der Waals surface area (Å²) in [6, 6.07) is 18.5. The fourth-order valence-electron chi connectivity index (χ4n) is 3.31. The van der Waals surface area contributed by atoms with Gasteiger partial charge in [0.25, 0.3) is 11.9 Å². The lowest BCUT2D eigenvalue weighted by Gasteiger charge is -2.24. The fourth-order valence-corrected chi connectivity index (χ4v) is 4.18. The molecule has 0 unspecified atom stereocenters. The minimum Gasteiger partial charge on any atom is -0.324 e. The molecule has 5 rings (SSSR count). The van der Waals surface area contributed by atoms with Gasteiger partial charge in [-0.05, 0) is 52.9 Å². The number of anilines is 2. The fraction of sp³-hybridized carbons (Fsp3) is 0.0455. The second-order valence-electron chi connectivity index (χ2n) is 6.84. The maximum Gasteiger partial charge on any atom is 0.268 e. The predicted octanol–water partition coefficient (Wildman–Crippen LogP) is 5.95. The Hall–Kier alpha value is -3.13. The number of carbonyl (C=O) groups is 1. The third-order valence-corrected chi connectivity index (χ3v) is 6.18. The summed E-state index contributed by atoms with van der Waals surface area (Å²) in [6.45, 7) is 0. The maximum absolute atomic E-state index is 12.4. The van der Waals surface area contributed by atoms with E-state index in [9.17, 15) is 4.79 Å². The van der Waals surface area contributed by atoms with Gasteiger partial charge in [0.05, 0.1) is 4.88 Å². The highest BCUT2D eigenvalue weighted by Gasteiger charge is 2.26. The number of benzene rings is 2. The summed E-state index contributed by atoms with van der Waals surface area (Å²) in [7, 11) is 0. The number of amides is 1. The van der Waals surface area contributed by atoms with Crippen LogP contribution in [0, 0.1) is 0 Å². The summed E-state index contributed by atoms with van der Waals surface area (Å²) in [6.07, 6.45) is 2.05. The Morgan fingerprint density at radius 1 is 1.03 bits per heavy atom. The maximum atomic E-state index is 12.4. The van der Waals surface area contributed by atoms with Gasteiger partial charge in [-0.2, -0.15) is 4.98 Å². The molecule has 6 nitrogen and oxygen atoms in total. The van der Waals surface area contributed by atoms with Gasteiger partial charge < -0.3 is 5.32 Å². The van der Waals surface area contributed by atoms with Gasteiger partial charge in [-0.3, -0.25) is 10.1 Å². The molecule has 0 bridgehead atoms. The SMILES string of the molecule is O=C(Nc1nc2n(n1)[C@@H](c1ccc(Cl)cc1)C=C(c1ccc(Cl)cc1)N2)c1cccs1. The van der Waals surface area contributed by atoms with Crippen molar-refractivity contribution >= 4 is 58.0 Å². The van der Waals surface area contributed by atoms with E-state index in [2.05, 4.69) is 26.8 Å². The number of thiophene rings is 1.